The van der Waals surface area contributed by atoms with Crippen molar-refractivity contribution in [3.05, 3.63) is 70.2 Å². The Balaban J connectivity index is 1.44. The number of amides is 3. The summed E-state index contributed by atoms with van der Waals surface area (Å²) in [6.07, 6.45) is 3.19. The van der Waals surface area contributed by atoms with Gasteiger partial charge in [0.15, 0.2) is 0 Å². The van der Waals surface area contributed by atoms with E-state index in [0.717, 1.165) is 24.0 Å². The molecule has 3 amide bonds. The molecule has 4 rings (SSSR count). The lowest BCUT2D eigenvalue weighted by Crippen LogP contribution is -2.53. The predicted octanol–water partition coefficient (Wildman–Crippen LogP) is 2.70. The van der Waals surface area contributed by atoms with Crippen LogP contribution in [0.25, 0.3) is 0 Å². The first-order chi connectivity index (χ1) is 21.6. The summed E-state index contributed by atoms with van der Waals surface area (Å²) < 4.78 is 34.5. The monoisotopic (exact) mass is 661 g/mol. The van der Waals surface area contributed by atoms with Crippen LogP contribution < -0.4 is 15.8 Å². The number of ether oxygens (including phenoxy) is 1. The zero-order valence-electron chi connectivity index (χ0n) is 25.8. The van der Waals surface area contributed by atoms with Crippen LogP contribution in [0, 0.1) is 0 Å². The minimum absolute atomic E-state index is 0.0588. The Bertz CT molecular complexity index is 1420. The summed E-state index contributed by atoms with van der Waals surface area (Å²) in [4.78, 5) is 43.4. The summed E-state index contributed by atoms with van der Waals surface area (Å²) in [7, 11) is -2.15. The van der Waals surface area contributed by atoms with Crippen LogP contribution in [-0.2, 0) is 48.0 Å². The average Bonchev–Trinajstić information content (AvgIpc) is 3.53. The number of hydrogen-bond acceptors (Lipinski definition) is 7. The van der Waals surface area contributed by atoms with E-state index in [9.17, 15) is 22.8 Å². The number of nitrogens with one attached hydrogen (secondary N) is 2. The van der Waals surface area contributed by atoms with Crippen molar-refractivity contribution in [2.24, 2.45) is 5.73 Å². The second-order valence-electron chi connectivity index (χ2n) is 11.7. The van der Waals surface area contributed by atoms with Crippen LogP contribution in [0.3, 0.4) is 0 Å². The Labute approximate surface area is 270 Å². The third-order valence-electron chi connectivity index (χ3n) is 8.51. The van der Waals surface area contributed by atoms with Gasteiger partial charge in [0.2, 0.25) is 27.7 Å². The molecule has 2 aromatic rings. The molecule has 2 heterocycles. The Morgan fingerprint density at radius 3 is 2.53 bits per heavy atom. The van der Waals surface area contributed by atoms with E-state index < -0.39 is 28.0 Å². The van der Waals surface area contributed by atoms with E-state index in [2.05, 4.69) is 10.0 Å². The van der Waals surface area contributed by atoms with Gasteiger partial charge in [-0.1, -0.05) is 48.0 Å². The summed E-state index contributed by atoms with van der Waals surface area (Å²) in [5, 5.41) is 3.43. The lowest BCUT2D eigenvalue weighted by atomic mass is 10.0. The number of rotatable bonds is 14. The number of halogens is 1. The van der Waals surface area contributed by atoms with Gasteiger partial charge in [0.25, 0.3) is 0 Å². The first kappa shape index (κ1) is 34.8. The SMILES string of the molecule is CN(C(=O)CCC[C@@H](NS(=O)(=O)Cc1ccccc1)C(=O)N1CCC[C@H]1C(=O)NCc1cc(Cl)ccc1CN)C1CCOCC1. The van der Waals surface area contributed by atoms with Crippen molar-refractivity contribution in [3.8, 4) is 0 Å². The van der Waals surface area contributed by atoms with Crippen LogP contribution in [0.15, 0.2) is 48.5 Å². The van der Waals surface area contributed by atoms with E-state index in [4.69, 9.17) is 22.1 Å². The van der Waals surface area contributed by atoms with Gasteiger partial charge in [0.1, 0.15) is 12.1 Å². The largest absolute Gasteiger partial charge is 0.381 e. The van der Waals surface area contributed by atoms with Gasteiger partial charge in [0, 0.05) is 57.4 Å². The number of benzene rings is 2. The molecular weight excluding hydrogens is 618 g/mol. The molecule has 11 nitrogen and oxygen atoms in total. The van der Waals surface area contributed by atoms with Crippen molar-refractivity contribution in [2.45, 2.75) is 81.9 Å². The fraction of sp³-hybridized carbons (Fsp3) is 0.531. The summed E-state index contributed by atoms with van der Waals surface area (Å²) in [5.74, 6) is -1.16. The van der Waals surface area contributed by atoms with E-state index in [-0.39, 0.29) is 49.5 Å². The van der Waals surface area contributed by atoms with Gasteiger partial charge in [-0.2, -0.15) is 0 Å². The maximum absolute atomic E-state index is 13.9. The molecule has 0 unspecified atom stereocenters. The number of likely N-dealkylation sites (tertiary alicyclic amines) is 1. The molecule has 2 aromatic carbocycles. The highest BCUT2D eigenvalue weighted by molar-refractivity contribution is 7.88. The van der Waals surface area contributed by atoms with E-state index in [1.165, 1.54) is 4.90 Å². The van der Waals surface area contributed by atoms with Crippen LogP contribution in [0.5, 0.6) is 0 Å². The van der Waals surface area contributed by atoms with Crippen LogP contribution in [-0.4, -0.2) is 80.9 Å². The molecule has 13 heteroatoms. The number of nitrogens with two attached hydrogens (primary N) is 1. The van der Waals surface area contributed by atoms with E-state index in [0.29, 0.717) is 49.6 Å². The first-order valence-corrected chi connectivity index (χ1v) is 17.5. The Hall–Kier alpha value is -3.03. The van der Waals surface area contributed by atoms with Gasteiger partial charge in [0.05, 0.1) is 5.75 Å². The maximum Gasteiger partial charge on any atom is 0.243 e. The zero-order valence-corrected chi connectivity index (χ0v) is 27.3. The Kier molecular flexibility index (Phi) is 12.8. The smallest absolute Gasteiger partial charge is 0.243 e. The molecule has 4 N–H and O–H groups in total. The molecule has 2 atom stereocenters. The van der Waals surface area contributed by atoms with Crippen LogP contribution in [0.1, 0.15) is 61.6 Å². The number of sulfonamides is 1. The fourth-order valence-electron chi connectivity index (χ4n) is 5.96. The van der Waals surface area contributed by atoms with Crippen LogP contribution in [0.2, 0.25) is 5.02 Å². The molecule has 0 saturated carbocycles. The highest BCUT2D eigenvalue weighted by atomic mass is 35.5. The molecule has 0 bridgehead atoms. The minimum Gasteiger partial charge on any atom is -0.381 e. The standard InChI is InChI=1S/C32H44ClN5O6S/c1-37(27-14-17-44-18-15-27)30(39)11-5-9-28(36-45(42,43)22-23-7-3-2-4-8-23)32(41)38-16-6-10-29(38)31(40)35-21-25-19-26(33)13-12-24(25)20-34/h2-4,7-8,12-13,19,27-29,36H,5-6,9-11,14-18,20-22,34H2,1H3,(H,35,40)/t28-,29+/m1/s1. The van der Waals surface area contributed by atoms with Crippen molar-refractivity contribution in [1.29, 1.82) is 0 Å². The highest BCUT2D eigenvalue weighted by Gasteiger charge is 2.38. The minimum atomic E-state index is -3.92. The molecule has 2 aliphatic rings. The third kappa shape index (κ3) is 9.98. The third-order valence-corrected chi connectivity index (χ3v) is 10.1. The Morgan fingerprint density at radius 1 is 1.09 bits per heavy atom. The summed E-state index contributed by atoms with van der Waals surface area (Å²) in [5.41, 5.74) is 8.07. The van der Waals surface area contributed by atoms with Crippen molar-refractivity contribution < 1.29 is 27.5 Å². The Morgan fingerprint density at radius 2 is 1.82 bits per heavy atom. The van der Waals surface area contributed by atoms with Crippen molar-refractivity contribution in [2.75, 3.05) is 26.8 Å². The number of carbonyl (C=O) groups excluding carboxylic acids is 3. The summed E-state index contributed by atoms with van der Waals surface area (Å²) in [6.45, 7) is 2.03. The topological polar surface area (TPSA) is 151 Å². The van der Waals surface area contributed by atoms with Crippen molar-refractivity contribution in [1.82, 2.24) is 19.8 Å². The van der Waals surface area contributed by atoms with Gasteiger partial charge in [-0.3, -0.25) is 14.4 Å². The number of carbonyl (C=O) groups is 3. The zero-order chi connectivity index (χ0) is 32.4. The van der Waals surface area contributed by atoms with Crippen LogP contribution in [0.4, 0.5) is 0 Å². The molecule has 246 valence electrons. The molecule has 2 saturated heterocycles. The lowest BCUT2D eigenvalue weighted by Gasteiger charge is -2.31. The molecule has 0 spiro atoms. The molecule has 45 heavy (non-hydrogen) atoms. The first-order valence-electron chi connectivity index (χ1n) is 15.5. The second kappa shape index (κ2) is 16.5. The molecule has 0 radical (unpaired) electrons. The highest BCUT2D eigenvalue weighted by Crippen LogP contribution is 2.22. The molecule has 2 fully saturated rings. The quantitative estimate of drug-likeness (QED) is 0.282. The van der Waals surface area contributed by atoms with E-state index in [1.54, 1.807) is 54.4 Å². The summed E-state index contributed by atoms with van der Waals surface area (Å²) >= 11 is 6.15. The fourth-order valence-corrected chi connectivity index (χ4v) is 7.52. The molecule has 0 aliphatic carbocycles. The van der Waals surface area contributed by atoms with E-state index in [1.807, 2.05) is 6.07 Å². The van der Waals surface area contributed by atoms with Gasteiger partial charge in [-0.05, 0) is 67.3 Å². The predicted molar refractivity (Wildman–Crippen MR) is 172 cm³/mol. The van der Waals surface area contributed by atoms with Crippen LogP contribution >= 0.6 is 11.6 Å². The van der Waals surface area contributed by atoms with Gasteiger partial charge in [-0.15, -0.1) is 0 Å². The number of nitrogens with zero attached hydrogens (tertiary/aromatic N) is 2. The average molecular weight is 662 g/mol. The molecule has 2 aliphatic heterocycles. The molecular formula is C32H44ClN5O6S. The lowest BCUT2D eigenvalue weighted by molar-refractivity contribution is -0.140. The van der Waals surface area contributed by atoms with Gasteiger partial charge in [-0.25, -0.2) is 13.1 Å². The summed E-state index contributed by atoms with van der Waals surface area (Å²) in [6, 6.07) is 12.2. The maximum atomic E-state index is 13.9. The molecule has 0 aromatic heterocycles. The van der Waals surface area contributed by atoms with Gasteiger partial charge < -0.3 is 25.6 Å². The van der Waals surface area contributed by atoms with E-state index >= 15 is 0 Å². The number of hydrogen-bond donors (Lipinski definition) is 3. The van der Waals surface area contributed by atoms with Gasteiger partial charge >= 0.3 is 0 Å². The normalized spacial score (nSPS) is 18.0. The van der Waals surface area contributed by atoms with Crippen molar-refractivity contribution >= 4 is 39.3 Å². The second-order valence-corrected chi connectivity index (χ2v) is 13.9. The van der Waals surface area contributed by atoms with Crippen molar-refractivity contribution in [3.63, 3.8) is 0 Å².